The summed E-state index contributed by atoms with van der Waals surface area (Å²) >= 11 is 0. The van der Waals surface area contributed by atoms with E-state index in [9.17, 15) is 4.79 Å². The van der Waals surface area contributed by atoms with Crippen molar-refractivity contribution in [3.63, 3.8) is 0 Å². The molecule has 0 aliphatic carbocycles. The van der Waals surface area contributed by atoms with E-state index >= 15 is 0 Å². The van der Waals surface area contributed by atoms with Crippen LogP contribution in [0.3, 0.4) is 0 Å². The topological polar surface area (TPSA) is 76.1 Å². The monoisotopic (exact) mass is 286 g/mol. The van der Waals surface area contributed by atoms with Crippen molar-refractivity contribution in [2.24, 2.45) is 0 Å². The number of carbonyl (C=O) groups excluding carboxylic acids is 1. The van der Waals surface area contributed by atoms with E-state index in [2.05, 4.69) is 20.6 Å². The Bertz CT molecular complexity index is 575. The number of benzene rings is 1. The minimum Gasteiger partial charge on any atom is -0.385 e. The van der Waals surface area contributed by atoms with Gasteiger partial charge in [0.05, 0.1) is 0 Å². The van der Waals surface area contributed by atoms with Crippen LogP contribution in [0.5, 0.6) is 0 Å². The van der Waals surface area contributed by atoms with E-state index in [4.69, 9.17) is 4.74 Å². The van der Waals surface area contributed by atoms with Gasteiger partial charge in [-0.1, -0.05) is 6.07 Å². The number of hydrogen-bond acceptors (Lipinski definition) is 5. The van der Waals surface area contributed by atoms with Gasteiger partial charge < -0.3 is 15.4 Å². The van der Waals surface area contributed by atoms with Crippen molar-refractivity contribution in [1.29, 1.82) is 0 Å². The van der Waals surface area contributed by atoms with Crippen LogP contribution in [0.15, 0.2) is 42.7 Å². The Morgan fingerprint density at radius 3 is 2.81 bits per heavy atom. The summed E-state index contributed by atoms with van der Waals surface area (Å²) in [6.07, 6.45) is 4.10. The van der Waals surface area contributed by atoms with Gasteiger partial charge in [-0.2, -0.15) is 0 Å². The van der Waals surface area contributed by atoms with E-state index in [1.807, 2.05) is 12.1 Å². The number of ether oxygens (including phenoxy) is 1. The van der Waals surface area contributed by atoms with Crippen molar-refractivity contribution in [3.05, 3.63) is 48.3 Å². The second-order valence-electron chi connectivity index (χ2n) is 4.38. The third-order valence-electron chi connectivity index (χ3n) is 2.76. The Labute approximate surface area is 123 Å². The second kappa shape index (κ2) is 7.96. The third-order valence-corrected chi connectivity index (χ3v) is 2.76. The van der Waals surface area contributed by atoms with Gasteiger partial charge in [-0.25, -0.2) is 9.97 Å². The maximum absolute atomic E-state index is 12.0. The molecule has 2 rings (SSSR count). The van der Waals surface area contributed by atoms with Gasteiger partial charge in [0, 0.05) is 43.9 Å². The predicted molar refractivity (Wildman–Crippen MR) is 80.6 cm³/mol. The lowest BCUT2D eigenvalue weighted by molar-refractivity contribution is 0.0948. The Balaban J connectivity index is 1.95. The molecule has 0 radical (unpaired) electrons. The first-order chi connectivity index (χ1) is 10.3. The van der Waals surface area contributed by atoms with Gasteiger partial charge in [-0.15, -0.1) is 0 Å². The molecule has 0 unspecified atom stereocenters. The highest BCUT2D eigenvalue weighted by Gasteiger charge is 2.06. The Hall–Kier alpha value is -2.47. The Morgan fingerprint density at radius 2 is 2.05 bits per heavy atom. The summed E-state index contributed by atoms with van der Waals surface area (Å²) in [5.41, 5.74) is 1.36. The van der Waals surface area contributed by atoms with Gasteiger partial charge in [0.25, 0.3) is 5.91 Å². The lowest BCUT2D eigenvalue weighted by Gasteiger charge is -2.08. The summed E-state index contributed by atoms with van der Waals surface area (Å²) in [5, 5.41) is 5.90. The minimum absolute atomic E-state index is 0.108. The molecule has 1 amide bonds. The molecule has 0 atom stereocenters. The normalized spacial score (nSPS) is 10.1. The summed E-state index contributed by atoms with van der Waals surface area (Å²) in [7, 11) is 1.64. The van der Waals surface area contributed by atoms with E-state index in [1.54, 1.807) is 37.7 Å². The predicted octanol–water partition coefficient (Wildman–Crippen LogP) is 1.99. The van der Waals surface area contributed by atoms with Crippen molar-refractivity contribution in [2.45, 2.75) is 6.42 Å². The molecule has 6 heteroatoms. The van der Waals surface area contributed by atoms with Crippen molar-refractivity contribution in [3.8, 4) is 0 Å². The fourth-order valence-electron chi connectivity index (χ4n) is 1.75. The van der Waals surface area contributed by atoms with Gasteiger partial charge in [-0.3, -0.25) is 4.79 Å². The summed E-state index contributed by atoms with van der Waals surface area (Å²) < 4.78 is 4.94. The molecular formula is C15H18N4O2. The molecule has 0 spiro atoms. The van der Waals surface area contributed by atoms with Gasteiger partial charge in [0.2, 0.25) is 5.95 Å². The smallest absolute Gasteiger partial charge is 0.251 e. The van der Waals surface area contributed by atoms with Crippen LogP contribution in [0.2, 0.25) is 0 Å². The number of carbonyl (C=O) groups is 1. The molecule has 21 heavy (non-hydrogen) atoms. The highest BCUT2D eigenvalue weighted by molar-refractivity contribution is 5.95. The number of hydrogen-bond donors (Lipinski definition) is 2. The highest BCUT2D eigenvalue weighted by Crippen LogP contribution is 2.14. The van der Waals surface area contributed by atoms with E-state index in [1.165, 1.54) is 0 Å². The largest absolute Gasteiger partial charge is 0.385 e. The maximum Gasteiger partial charge on any atom is 0.251 e. The standard InChI is InChI=1S/C15H18N4O2/c1-21-10-4-9-16-14(20)12-5-2-6-13(11-12)19-15-17-7-3-8-18-15/h2-3,5-8,11H,4,9-10H2,1H3,(H,16,20)(H,17,18,19). The number of aromatic nitrogens is 2. The first kappa shape index (κ1) is 14.9. The molecule has 1 heterocycles. The van der Waals surface area contributed by atoms with Crippen LogP contribution in [0.1, 0.15) is 16.8 Å². The molecule has 110 valence electrons. The maximum atomic E-state index is 12.0. The van der Waals surface area contributed by atoms with Gasteiger partial charge >= 0.3 is 0 Å². The van der Waals surface area contributed by atoms with Crippen LogP contribution in [-0.2, 0) is 4.74 Å². The number of nitrogens with one attached hydrogen (secondary N) is 2. The first-order valence-electron chi connectivity index (χ1n) is 6.71. The molecule has 1 aromatic heterocycles. The molecule has 2 N–H and O–H groups in total. The zero-order chi connectivity index (χ0) is 14.9. The molecule has 0 bridgehead atoms. The van der Waals surface area contributed by atoms with Crippen molar-refractivity contribution in [2.75, 3.05) is 25.6 Å². The van der Waals surface area contributed by atoms with E-state index in [0.717, 1.165) is 12.1 Å². The van der Waals surface area contributed by atoms with Crippen LogP contribution in [-0.4, -0.2) is 36.1 Å². The van der Waals surface area contributed by atoms with E-state index < -0.39 is 0 Å². The number of rotatable bonds is 7. The third kappa shape index (κ3) is 4.85. The molecular weight excluding hydrogens is 268 g/mol. The quantitative estimate of drug-likeness (QED) is 0.761. The first-order valence-corrected chi connectivity index (χ1v) is 6.71. The van der Waals surface area contributed by atoms with Crippen LogP contribution >= 0.6 is 0 Å². The van der Waals surface area contributed by atoms with Crippen LogP contribution in [0, 0.1) is 0 Å². The number of amides is 1. The molecule has 2 aromatic rings. The Morgan fingerprint density at radius 1 is 1.24 bits per heavy atom. The molecule has 0 aliphatic heterocycles. The zero-order valence-corrected chi connectivity index (χ0v) is 11.9. The average Bonchev–Trinajstić information content (AvgIpc) is 2.53. The molecule has 0 saturated heterocycles. The van der Waals surface area contributed by atoms with Crippen molar-refractivity contribution >= 4 is 17.5 Å². The molecule has 1 aromatic carbocycles. The average molecular weight is 286 g/mol. The lowest BCUT2D eigenvalue weighted by Crippen LogP contribution is -2.25. The van der Waals surface area contributed by atoms with Gasteiger partial charge in [0.1, 0.15) is 0 Å². The lowest BCUT2D eigenvalue weighted by atomic mass is 10.2. The summed E-state index contributed by atoms with van der Waals surface area (Å²) in [6.45, 7) is 1.22. The van der Waals surface area contributed by atoms with Crippen molar-refractivity contribution in [1.82, 2.24) is 15.3 Å². The van der Waals surface area contributed by atoms with Crippen LogP contribution in [0.25, 0.3) is 0 Å². The molecule has 0 fully saturated rings. The molecule has 0 aliphatic rings. The zero-order valence-electron chi connectivity index (χ0n) is 11.9. The highest BCUT2D eigenvalue weighted by atomic mass is 16.5. The second-order valence-corrected chi connectivity index (χ2v) is 4.38. The summed E-state index contributed by atoms with van der Waals surface area (Å²) in [6, 6.07) is 8.95. The minimum atomic E-state index is -0.108. The molecule has 0 saturated carbocycles. The van der Waals surface area contributed by atoms with Crippen LogP contribution in [0.4, 0.5) is 11.6 Å². The van der Waals surface area contributed by atoms with E-state index in [0.29, 0.717) is 24.7 Å². The summed E-state index contributed by atoms with van der Waals surface area (Å²) in [5.74, 6) is 0.388. The number of nitrogens with zero attached hydrogens (tertiary/aromatic N) is 2. The van der Waals surface area contributed by atoms with E-state index in [-0.39, 0.29) is 5.91 Å². The number of methoxy groups -OCH3 is 1. The van der Waals surface area contributed by atoms with Crippen LogP contribution < -0.4 is 10.6 Å². The Kier molecular flexibility index (Phi) is 5.66. The number of anilines is 2. The fourth-order valence-corrected chi connectivity index (χ4v) is 1.75. The van der Waals surface area contributed by atoms with Gasteiger partial charge in [0.15, 0.2) is 0 Å². The van der Waals surface area contributed by atoms with Gasteiger partial charge in [-0.05, 0) is 30.7 Å². The SMILES string of the molecule is COCCCNC(=O)c1cccc(Nc2ncccn2)c1. The summed E-state index contributed by atoms with van der Waals surface area (Å²) in [4.78, 5) is 20.2. The van der Waals surface area contributed by atoms with Crippen molar-refractivity contribution < 1.29 is 9.53 Å². The fraction of sp³-hybridized carbons (Fsp3) is 0.267. The molecule has 6 nitrogen and oxygen atoms in total.